The van der Waals surface area contributed by atoms with Gasteiger partial charge >= 0.3 is 27.3 Å². The molecule has 0 atom stereocenters. The van der Waals surface area contributed by atoms with Gasteiger partial charge in [0.2, 0.25) is 0 Å². The summed E-state index contributed by atoms with van der Waals surface area (Å²) in [6.45, 7) is 0. The summed E-state index contributed by atoms with van der Waals surface area (Å²) >= 11 is 0. The average Bonchev–Trinajstić information content (AvgIpc) is 2.63. The number of nitrogens with one attached hydrogen (secondary N) is 2. The first kappa shape index (κ1) is 28.5. The summed E-state index contributed by atoms with van der Waals surface area (Å²) in [6.07, 6.45) is 3.47. The van der Waals surface area contributed by atoms with E-state index in [2.05, 4.69) is 25.6 Å². The number of rotatable bonds is 4. The van der Waals surface area contributed by atoms with Crippen LogP contribution in [0, 0.1) is 30.6 Å². The molecule has 0 fully saturated rings. The summed E-state index contributed by atoms with van der Waals surface area (Å²) in [5.41, 5.74) is 0. The first-order chi connectivity index (χ1) is 13.4. The predicted molar refractivity (Wildman–Crippen MR) is 104 cm³/mol. The Bertz CT molecular complexity index is 799. The smallest absolute Gasteiger partial charge is 0.412 e. The van der Waals surface area contributed by atoms with E-state index in [4.69, 9.17) is 30.6 Å². The molecule has 0 aliphatic heterocycles. The van der Waals surface area contributed by atoms with Crippen LogP contribution >= 0.6 is 0 Å². The zero-order valence-electron chi connectivity index (χ0n) is 15.2. The number of hydrogen-bond donors (Lipinski definition) is 2. The fourth-order valence-electron chi connectivity index (χ4n) is 1.71. The van der Waals surface area contributed by atoms with Gasteiger partial charge < -0.3 is 46.8 Å². The standard InChI is InChI=1S/C15H13N5.Cd.2NO3.H2O/c1-3-10-16-12(6-1)18-14-8-5-9-15(20-14)19-13-7-2-4-11-17-13;;2*2-1(3)4;/h1-11H,(H2,16,17,18,19,20);;;;1H2/q;+2;2*-1;. The Kier molecular flexibility index (Phi) is 15.5. The number of aromatic nitrogens is 3. The molecule has 0 amide bonds. The van der Waals surface area contributed by atoms with Crippen molar-refractivity contribution in [3.8, 4) is 0 Å². The summed E-state index contributed by atoms with van der Waals surface area (Å²) in [7, 11) is 0. The molecule has 3 heterocycles. The quantitative estimate of drug-likeness (QED) is 0.289. The minimum absolute atomic E-state index is 0. The van der Waals surface area contributed by atoms with Gasteiger partial charge in [0.15, 0.2) is 0 Å². The average molecular weight is 518 g/mol. The fourth-order valence-corrected chi connectivity index (χ4v) is 1.71. The van der Waals surface area contributed by atoms with Gasteiger partial charge in [0.05, 0.1) is 10.2 Å². The van der Waals surface area contributed by atoms with Gasteiger partial charge in [-0.3, -0.25) is 0 Å². The third-order valence-corrected chi connectivity index (χ3v) is 2.59. The van der Waals surface area contributed by atoms with Gasteiger partial charge in [-0.15, -0.1) is 0 Å². The van der Waals surface area contributed by atoms with Crippen LogP contribution in [0.4, 0.5) is 23.3 Å². The van der Waals surface area contributed by atoms with E-state index in [0.29, 0.717) is 0 Å². The first-order valence-corrected chi connectivity index (χ1v) is 7.33. The normalized spacial score (nSPS) is 8.27. The molecule has 30 heavy (non-hydrogen) atoms. The van der Waals surface area contributed by atoms with Crippen molar-refractivity contribution < 1.29 is 42.9 Å². The second-order valence-corrected chi connectivity index (χ2v) is 4.54. The summed E-state index contributed by atoms with van der Waals surface area (Å²) in [4.78, 5) is 29.4. The van der Waals surface area contributed by atoms with Crippen molar-refractivity contribution >= 4 is 23.3 Å². The molecule has 0 bridgehead atoms. The molecule has 3 aromatic rings. The van der Waals surface area contributed by atoms with Crippen LogP contribution < -0.4 is 10.6 Å². The van der Waals surface area contributed by atoms with Crippen LogP contribution in [0.5, 0.6) is 0 Å². The second kappa shape index (κ2) is 16.3. The van der Waals surface area contributed by atoms with Crippen LogP contribution in [0.3, 0.4) is 0 Å². The molecule has 0 aliphatic rings. The third-order valence-electron chi connectivity index (χ3n) is 2.59. The first-order valence-electron chi connectivity index (χ1n) is 7.33. The Labute approximate surface area is 189 Å². The topological polar surface area (TPSA) is 227 Å². The third kappa shape index (κ3) is 14.4. The van der Waals surface area contributed by atoms with Gasteiger partial charge in [0.1, 0.15) is 23.3 Å². The molecule has 4 N–H and O–H groups in total. The molecule has 0 saturated carbocycles. The molecule has 0 saturated heterocycles. The Morgan fingerprint density at radius 1 is 0.633 bits per heavy atom. The van der Waals surface area contributed by atoms with Crippen LogP contribution in [0.2, 0.25) is 0 Å². The summed E-state index contributed by atoms with van der Waals surface area (Å²) in [5, 5.41) is 35.8. The van der Waals surface area contributed by atoms with E-state index in [1.165, 1.54) is 0 Å². The Hall–Kier alpha value is -3.67. The van der Waals surface area contributed by atoms with Gasteiger partial charge in [-0.25, -0.2) is 15.0 Å². The van der Waals surface area contributed by atoms with E-state index in [1.54, 1.807) is 12.4 Å². The van der Waals surface area contributed by atoms with E-state index in [1.807, 2.05) is 54.6 Å². The Balaban J connectivity index is 0. The van der Waals surface area contributed by atoms with Crippen LogP contribution in [0.1, 0.15) is 0 Å². The summed E-state index contributed by atoms with van der Waals surface area (Å²) in [6, 6.07) is 17.1. The van der Waals surface area contributed by atoms with E-state index in [0.717, 1.165) is 23.3 Å². The van der Waals surface area contributed by atoms with E-state index in [9.17, 15) is 0 Å². The number of anilines is 4. The zero-order chi connectivity index (χ0) is 20.8. The van der Waals surface area contributed by atoms with E-state index < -0.39 is 10.2 Å². The van der Waals surface area contributed by atoms with E-state index >= 15 is 0 Å². The van der Waals surface area contributed by atoms with Gasteiger partial charge in [-0.2, -0.15) is 0 Å². The monoisotopic (exact) mass is 519 g/mol. The van der Waals surface area contributed by atoms with Gasteiger partial charge in [-0.05, 0) is 36.4 Å². The molecule has 3 aromatic heterocycles. The zero-order valence-corrected chi connectivity index (χ0v) is 19.3. The predicted octanol–water partition coefficient (Wildman–Crippen LogP) is 2.05. The molecular weight excluding hydrogens is 503 g/mol. The molecule has 0 aliphatic carbocycles. The van der Waals surface area contributed by atoms with Gasteiger partial charge in [0.25, 0.3) is 0 Å². The van der Waals surface area contributed by atoms with Crippen molar-refractivity contribution in [2.45, 2.75) is 0 Å². The molecule has 0 spiro atoms. The van der Waals surface area contributed by atoms with Crippen LogP contribution in [0.15, 0.2) is 67.0 Å². The second-order valence-electron chi connectivity index (χ2n) is 4.54. The fraction of sp³-hybridized carbons (Fsp3) is 0. The van der Waals surface area contributed by atoms with Crippen molar-refractivity contribution in [2.24, 2.45) is 0 Å². The van der Waals surface area contributed by atoms with Crippen LogP contribution in [-0.4, -0.2) is 30.6 Å². The largest absolute Gasteiger partial charge is 2.00 e. The van der Waals surface area contributed by atoms with Crippen LogP contribution in [-0.2, 0) is 27.3 Å². The molecule has 3 rings (SSSR count). The molecular formula is C15H15CdN7O7. The van der Waals surface area contributed by atoms with Gasteiger partial charge in [0, 0.05) is 12.4 Å². The van der Waals surface area contributed by atoms with Crippen molar-refractivity contribution in [1.29, 1.82) is 0 Å². The van der Waals surface area contributed by atoms with Crippen molar-refractivity contribution in [3.63, 3.8) is 0 Å². The summed E-state index contributed by atoms with van der Waals surface area (Å²) < 4.78 is 0. The molecule has 0 unspecified atom stereocenters. The molecule has 154 valence electrons. The maximum absolute atomic E-state index is 8.25. The minimum Gasteiger partial charge on any atom is -0.412 e. The number of hydrogen-bond acceptors (Lipinski definition) is 11. The Morgan fingerprint density at radius 2 is 0.967 bits per heavy atom. The van der Waals surface area contributed by atoms with E-state index in [-0.39, 0.29) is 32.8 Å². The maximum atomic E-state index is 8.25. The number of nitrogens with zero attached hydrogens (tertiary/aromatic N) is 5. The SMILES string of the molecule is O.O=[N+]([O-])[O-].O=[N+]([O-])[O-].[Cd+2].c1ccc(Nc2cccc(Nc3ccccn3)n2)nc1. The molecule has 15 heteroatoms. The Morgan fingerprint density at radius 3 is 1.27 bits per heavy atom. The summed E-state index contributed by atoms with van der Waals surface area (Å²) in [5.74, 6) is 2.97. The minimum atomic E-state index is -1.75. The number of pyridine rings is 3. The maximum Gasteiger partial charge on any atom is 2.00 e. The van der Waals surface area contributed by atoms with Crippen molar-refractivity contribution in [2.75, 3.05) is 10.6 Å². The molecule has 0 aromatic carbocycles. The van der Waals surface area contributed by atoms with Gasteiger partial charge in [-0.1, -0.05) is 18.2 Å². The molecule has 0 radical (unpaired) electrons. The van der Waals surface area contributed by atoms with Crippen molar-refractivity contribution in [3.05, 3.63) is 97.6 Å². The van der Waals surface area contributed by atoms with Crippen molar-refractivity contribution in [1.82, 2.24) is 15.0 Å². The van der Waals surface area contributed by atoms with Crippen LogP contribution in [0.25, 0.3) is 0 Å². The molecule has 14 nitrogen and oxygen atoms in total.